The van der Waals surface area contributed by atoms with Gasteiger partial charge in [0.25, 0.3) is 6.04 Å². The minimum absolute atomic E-state index is 0.00404. The minimum atomic E-state index is -1.31. The third kappa shape index (κ3) is 7.08. The molecule has 3 unspecified atom stereocenters. The average molecular weight is 589 g/mol. The van der Waals surface area contributed by atoms with E-state index in [1.807, 2.05) is 13.8 Å². The van der Waals surface area contributed by atoms with Gasteiger partial charge in [0.15, 0.2) is 29.1 Å². The van der Waals surface area contributed by atoms with Crippen molar-refractivity contribution in [3.05, 3.63) is 45.5 Å². The molecule has 0 fully saturated rings. The van der Waals surface area contributed by atoms with Gasteiger partial charge >= 0.3 is 5.97 Å². The Bertz CT molecular complexity index is 1290. The number of carbonyl (C=O) groups is 1. The third-order valence-corrected chi connectivity index (χ3v) is 7.39. The number of nitro groups is 1. The van der Waals surface area contributed by atoms with Crippen molar-refractivity contribution in [3.8, 4) is 40.6 Å². The maximum Gasteiger partial charge on any atom is 0.303 e. The molecule has 0 saturated heterocycles. The molecule has 2 aromatic carbocycles. The molecule has 12 nitrogen and oxygen atoms in total. The molecule has 12 heteroatoms. The lowest BCUT2D eigenvalue weighted by molar-refractivity contribution is -0.533. The molecule has 230 valence electrons. The van der Waals surface area contributed by atoms with Gasteiger partial charge in [-0.15, -0.1) is 0 Å². The molecule has 0 spiro atoms. The summed E-state index contributed by atoms with van der Waals surface area (Å²) in [5, 5.41) is 23.0. The van der Waals surface area contributed by atoms with Crippen LogP contribution < -0.4 is 28.4 Å². The van der Waals surface area contributed by atoms with E-state index in [2.05, 4.69) is 6.07 Å². The largest absolute Gasteiger partial charge is 0.493 e. The Morgan fingerprint density at radius 2 is 1.50 bits per heavy atom. The first kappa shape index (κ1) is 33.8. The number of nitrogens with zero attached hydrogens (tertiary/aromatic N) is 2. The zero-order valence-electron chi connectivity index (χ0n) is 25.6. The fourth-order valence-electron chi connectivity index (χ4n) is 5.15. The number of benzene rings is 2. The number of hydrogen-bond donors (Lipinski definition) is 0. The molecule has 0 aliphatic carbocycles. The molecule has 0 aromatic heterocycles. The first-order valence-electron chi connectivity index (χ1n) is 13.3. The Morgan fingerprint density at radius 3 is 1.95 bits per heavy atom. The Morgan fingerprint density at radius 1 is 0.905 bits per heavy atom. The smallest absolute Gasteiger partial charge is 0.303 e. The summed E-state index contributed by atoms with van der Waals surface area (Å²) in [7, 11) is 8.78. The fourth-order valence-corrected chi connectivity index (χ4v) is 5.15. The van der Waals surface area contributed by atoms with Crippen LogP contribution in [0.1, 0.15) is 44.7 Å². The lowest BCUT2D eigenvalue weighted by Crippen LogP contribution is -2.41. The summed E-state index contributed by atoms with van der Waals surface area (Å²) < 4.78 is 38.5. The van der Waals surface area contributed by atoms with Gasteiger partial charge in [0.1, 0.15) is 0 Å². The van der Waals surface area contributed by atoms with Gasteiger partial charge in [0, 0.05) is 23.8 Å². The molecule has 0 bridgehead atoms. The summed E-state index contributed by atoms with van der Waals surface area (Å²) in [5.41, 5.74) is -0.203. The van der Waals surface area contributed by atoms with Crippen LogP contribution in [0.3, 0.4) is 0 Å². The molecule has 0 amide bonds. The van der Waals surface area contributed by atoms with Gasteiger partial charge < -0.3 is 33.2 Å². The molecular formula is C30H40N2O10. The molecule has 0 radical (unpaired) electrons. The van der Waals surface area contributed by atoms with Crippen LogP contribution in [0.25, 0.3) is 0 Å². The molecule has 2 rings (SSSR count). The van der Waals surface area contributed by atoms with E-state index in [4.69, 9.17) is 33.2 Å². The number of esters is 1. The average Bonchev–Trinajstić information content (AvgIpc) is 2.97. The zero-order chi connectivity index (χ0) is 31.6. The minimum Gasteiger partial charge on any atom is -0.493 e. The zero-order valence-corrected chi connectivity index (χ0v) is 25.6. The number of methoxy groups -OCH3 is 6. The van der Waals surface area contributed by atoms with Crippen LogP contribution in [0.4, 0.5) is 0 Å². The lowest BCUT2D eigenvalue weighted by Gasteiger charge is -2.35. The standard InChI is InChI=1S/C30H40N2O10/c1-18(2)30(17-31,21-16-26(38-6)28(40-8)29(41-9)27(21)39-7)13-12-23(42-19(3)33)22(32(34)35)14-20-10-11-24(36-4)25(15-20)37-5/h10-11,15-16,18,22-23H,12-14H2,1-9H3. The molecular weight excluding hydrogens is 548 g/mol. The van der Waals surface area contributed by atoms with E-state index in [1.54, 1.807) is 24.3 Å². The second kappa shape index (κ2) is 15.0. The number of nitriles is 1. The van der Waals surface area contributed by atoms with E-state index in [1.165, 1.54) is 49.6 Å². The van der Waals surface area contributed by atoms with E-state index in [-0.39, 0.29) is 42.4 Å². The predicted octanol–water partition coefficient (Wildman–Crippen LogP) is 4.76. The summed E-state index contributed by atoms with van der Waals surface area (Å²) in [6, 6.07) is 7.77. The normalized spacial score (nSPS) is 13.6. The molecule has 0 heterocycles. The summed E-state index contributed by atoms with van der Waals surface area (Å²) in [5.74, 6) is 1.03. The van der Waals surface area contributed by atoms with E-state index < -0.39 is 28.5 Å². The van der Waals surface area contributed by atoms with Crippen molar-refractivity contribution in [3.63, 3.8) is 0 Å². The van der Waals surface area contributed by atoms with E-state index >= 15 is 0 Å². The Labute approximate surface area is 246 Å². The van der Waals surface area contributed by atoms with Crippen LogP contribution in [0, 0.1) is 27.4 Å². The van der Waals surface area contributed by atoms with Gasteiger partial charge in [-0.3, -0.25) is 14.9 Å². The second-order valence-electron chi connectivity index (χ2n) is 9.90. The van der Waals surface area contributed by atoms with Gasteiger partial charge in [-0.05, 0) is 42.5 Å². The Kier molecular flexibility index (Phi) is 12.1. The molecule has 3 atom stereocenters. The van der Waals surface area contributed by atoms with Crippen molar-refractivity contribution in [2.45, 2.75) is 57.6 Å². The number of hydrogen-bond acceptors (Lipinski definition) is 11. The van der Waals surface area contributed by atoms with Crippen molar-refractivity contribution in [1.82, 2.24) is 0 Å². The van der Waals surface area contributed by atoms with Crippen molar-refractivity contribution in [2.75, 3.05) is 42.7 Å². The van der Waals surface area contributed by atoms with Gasteiger partial charge in [0.05, 0.1) is 54.1 Å². The summed E-state index contributed by atoms with van der Waals surface area (Å²) in [4.78, 5) is 24.0. The molecule has 42 heavy (non-hydrogen) atoms. The van der Waals surface area contributed by atoms with E-state index in [0.29, 0.717) is 28.4 Å². The quantitative estimate of drug-likeness (QED) is 0.152. The number of rotatable bonds is 16. The van der Waals surface area contributed by atoms with Crippen LogP contribution in [-0.4, -0.2) is 65.7 Å². The van der Waals surface area contributed by atoms with E-state index in [9.17, 15) is 20.2 Å². The van der Waals surface area contributed by atoms with Crippen molar-refractivity contribution < 1.29 is 42.9 Å². The van der Waals surface area contributed by atoms with Gasteiger partial charge in [-0.1, -0.05) is 19.9 Å². The first-order valence-corrected chi connectivity index (χ1v) is 13.3. The summed E-state index contributed by atoms with van der Waals surface area (Å²) in [6.45, 7) is 4.92. The highest BCUT2D eigenvalue weighted by Gasteiger charge is 2.44. The van der Waals surface area contributed by atoms with Crippen LogP contribution in [0.2, 0.25) is 0 Å². The van der Waals surface area contributed by atoms with Crippen LogP contribution in [0.15, 0.2) is 24.3 Å². The van der Waals surface area contributed by atoms with Crippen LogP contribution >= 0.6 is 0 Å². The predicted molar refractivity (Wildman–Crippen MR) is 154 cm³/mol. The number of carbonyl (C=O) groups excluding carboxylic acids is 1. The summed E-state index contributed by atoms with van der Waals surface area (Å²) >= 11 is 0. The maximum absolute atomic E-state index is 12.4. The molecule has 0 aliphatic heterocycles. The van der Waals surface area contributed by atoms with Crippen molar-refractivity contribution in [2.24, 2.45) is 5.92 Å². The van der Waals surface area contributed by atoms with Gasteiger partial charge in [-0.2, -0.15) is 5.26 Å². The first-order chi connectivity index (χ1) is 20.0. The molecule has 0 N–H and O–H groups in total. The Hall–Kier alpha value is -4.40. The maximum atomic E-state index is 12.4. The molecule has 0 saturated carbocycles. The molecule has 0 aliphatic rings. The lowest BCUT2D eigenvalue weighted by atomic mass is 9.68. The van der Waals surface area contributed by atoms with Crippen molar-refractivity contribution >= 4 is 5.97 Å². The van der Waals surface area contributed by atoms with Crippen LogP contribution in [-0.2, 0) is 21.4 Å². The van der Waals surface area contributed by atoms with Gasteiger partial charge in [0.2, 0.25) is 11.5 Å². The second-order valence-corrected chi connectivity index (χ2v) is 9.90. The monoisotopic (exact) mass is 588 g/mol. The number of ether oxygens (including phenoxy) is 7. The van der Waals surface area contributed by atoms with Crippen LogP contribution in [0.5, 0.6) is 34.5 Å². The highest BCUT2D eigenvalue weighted by molar-refractivity contribution is 5.66. The van der Waals surface area contributed by atoms with Crippen molar-refractivity contribution in [1.29, 1.82) is 5.26 Å². The highest BCUT2D eigenvalue weighted by Crippen LogP contribution is 2.52. The topological polar surface area (TPSA) is 149 Å². The molecule has 2 aromatic rings. The van der Waals surface area contributed by atoms with E-state index in [0.717, 1.165) is 0 Å². The van der Waals surface area contributed by atoms with Gasteiger partial charge in [-0.25, -0.2) is 0 Å². The fraction of sp³-hybridized carbons (Fsp3) is 0.533. The highest BCUT2D eigenvalue weighted by atomic mass is 16.6. The Balaban J connectivity index is 2.62. The SMILES string of the molecule is COc1ccc(CC(C(CCC(C#N)(c2cc(OC)c(OC)c(OC)c2OC)C(C)C)OC(C)=O)[N+](=O)[O-])cc1OC. The third-order valence-electron chi connectivity index (χ3n) is 7.39. The summed E-state index contributed by atoms with van der Waals surface area (Å²) in [6.07, 6.45) is -1.11.